The number of hydrogen-bond donors (Lipinski definition) is 1. The summed E-state index contributed by atoms with van der Waals surface area (Å²) >= 11 is 0. The van der Waals surface area contributed by atoms with Crippen molar-refractivity contribution < 1.29 is 13.0 Å². The van der Waals surface area contributed by atoms with Crippen molar-refractivity contribution in [3.8, 4) is 0 Å². The van der Waals surface area contributed by atoms with Gasteiger partial charge in [-0.3, -0.25) is 14.1 Å². The van der Waals surface area contributed by atoms with E-state index in [-0.39, 0.29) is 17.6 Å². The van der Waals surface area contributed by atoms with Crippen LogP contribution in [0.15, 0.2) is 18.6 Å². The van der Waals surface area contributed by atoms with E-state index in [0.717, 1.165) is 11.4 Å². The highest BCUT2D eigenvalue weighted by molar-refractivity contribution is 7.85. The van der Waals surface area contributed by atoms with Crippen LogP contribution in [0.2, 0.25) is 0 Å². The van der Waals surface area contributed by atoms with Gasteiger partial charge in [0.2, 0.25) is 0 Å². The first kappa shape index (κ1) is 24.9. The van der Waals surface area contributed by atoms with Crippen LogP contribution >= 0.6 is 0 Å². The predicted molar refractivity (Wildman–Crippen MR) is 119 cm³/mol. The molecule has 0 aromatic carbocycles. The van der Waals surface area contributed by atoms with Crippen LogP contribution in [-0.4, -0.2) is 68.6 Å². The Morgan fingerprint density at radius 1 is 0.788 bits per heavy atom. The van der Waals surface area contributed by atoms with Crippen molar-refractivity contribution in [2.45, 2.75) is 78.8 Å². The highest BCUT2D eigenvalue weighted by Crippen LogP contribution is 2.16. The molecular formula is C19H32N10O3S. The van der Waals surface area contributed by atoms with Gasteiger partial charge >= 0.3 is 0 Å². The lowest BCUT2D eigenvalue weighted by Gasteiger charge is -2.20. The van der Waals surface area contributed by atoms with Gasteiger partial charge in [0.1, 0.15) is 0 Å². The van der Waals surface area contributed by atoms with E-state index in [0.29, 0.717) is 25.3 Å². The Hall–Kier alpha value is -2.71. The Kier molecular flexibility index (Phi) is 7.00. The van der Waals surface area contributed by atoms with Gasteiger partial charge in [-0.1, -0.05) is 15.6 Å². The Bertz CT molecular complexity index is 1110. The molecule has 3 rings (SSSR count). The predicted octanol–water partition coefficient (Wildman–Crippen LogP) is 1.06. The zero-order valence-corrected chi connectivity index (χ0v) is 20.7. The van der Waals surface area contributed by atoms with Gasteiger partial charge in [0, 0.05) is 25.8 Å². The second-order valence-corrected chi connectivity index (χ2v) is 11.6. The molecule has 3 aromatic heterocycles. The zero-order valence-electron chi connectivity index (χ0n) is 19.9. The highest BCUT2D eigenvalue weighted by atomic mass is 32.2. The van der Waals surface area contributed by atoms with Crippen molar-refractivity contribution in [2.24, 2.45) is 0 Å². The van der Waals surface area contributed by atoms with Crippen LogP contribution in [-0.2, 0) is 47.4 Å². The summed E-state index contributed by atoms with van der Waals surface area (Å²) in [6.45, 7) is 13.8. The number of aryl methyl sites for hydroxylation is 1. The van der Waals surface area contributed by atoms with Crippen molar-refractivity contribution in [3.63, 3.8) is 0 Å². The standard InChI is InChI=1S/C19H32N10O3S/c1-18(2,3)28-13-16(21-24-28)10-26(11-17-14-29(25-22-17)19(4,5)6)9-15-12-27(23-20-15)7-8-33(30,31)32/h12-14H,7-11H2,1-6H3,(H,30,31,32). The molecule has 0 spiro atoms. The minimum absolute atomic E-state index is 0.0195. The van der Waals surface area contributed by atoms with Gasteiger partial charge in [0.25, 0.3) is 10.1 Å². The van der Waals surface area contributed by atoms with E-state index in [1.807, 2.05) is 21.8 Å². The van der Waals surface area contributed by atoms with E-state index in [1.54, 1.807) is 6.20 Å². The summed E-state index contributed by atoms with van der Waals surface area (Å²) in [6.07, 6.45) is 5.50. The van der Waals surface area contributed by atoms with Crippen LogP contribution in [0.5, 0.6) is 0 Å². The van der Waals surface area contributed by atoms with Gasteiger partial charge in [-0.15, -0.1) is 15.3 Å². The molecule has 3 heterocycles. The normalized spacial score (nSPS) is 13.2. The first-order chi connectivity index (χ1) is 15.2. The average Bonchev–Trinajstić information content (AvgIpc) is 3.39. The summed E-state index contributed by atoms with van der Waals surface area (Å²) in [7, 11) is -4.07. The maximum atomic E-state index is 11.0. The summed E-state index contributed by atoms with van der Waals surface area (Å²) < 4.78 is 36.0. The molecular weight excluding hydrogens is 448 g/mol. The third kappa shape index (κ3) is 7.40. The first-order valence-corrected chi connectivity index (χ1v) is 12.2. The second-order valence-electron chi connectivity index (χ2n) is 10.1. The maximum absolute atomic E-state index is 11.0. The van der Waals surface area contributed by atoms with Crippen molar-refractivity contribution >= 4 is 10.1 Å². The third-order valence-electron chi connectivity index (χ3n) is 4.78. The van der Waals surface area contributed by atoms with E-state index in [9.17, 15) is 8.42 Å². The fourth-order valence-electron chi connectivity index (χ4n) is 2.98. The summed E-state index contributed by atoms with van der Waals surface area (Å²) in [5.74, 6) is -0.425. The number of aromatic nitrogens is 9. The van der Waals surface area contributed by atoms with Crippen molar-refractivity contribution in [3.05, 3.63) is 35.7 Å². The lowest BCUT2D eigenvalue weighted by Crippen LogP contribution is -2.24. The summed E-state index contributed by atoms with van der Waals surface area (Å²) in [6, 6.07) is 0. The van der Waals surface area contributed by atoms with E-state index in [2.05, 4.69) is 77.4 Å². The molecule has 13 nitrogen and oxygen atoms in total. The van der Waals surface area contributed by atoms with E-state index >= 15 is 0 Å². The largest absolute Gasteiger partial charge is 0.285 e. The molecule has 0 atom stereocenters. The van der Waals surface area contributed by atoms with Gasteiger partial charge in [-0.2, -0.15) is 8.42 Å². The minimum atomic E-state index is -4.07. The number of hydrogen-bond acceptors (Lipinski definition) is 9. The van der Waals surface area contributed by atoms with Crippen LogP contribution in [0, 0.1) is 0 Å². The molecule has 182 valence electrons. The van der Waals surface area contributed by atoms with Crippen molar-refractivity contribution in [2.75, 3.05) is 5.75 Å². The van der Waals surface area contributed by atoms with Crippen molar-refractivity contribution in [1.82, 2.24) is 49.9 Å². The Morgan fingerprint density at radius 3 is 1.61 bits per heavy atom. The lowest BCUT2D eigenvalue weighted by atomic mass is 10.1. The summed E-state index contributed by atoms with van der Waals surface area (Å²) in [5.41, 5.74) is 1.89. The van der Waals surface area contributed by atoms with Crippen molar-refractivity contribution in [1.29, 1.82) is 0 Å². The monoisotopic (exact) mass is 480 g/mol. The van der Waals surface area contributed by atoms with Gasteiger partial charge in [0.05, 0.1) is 52.9 Å². The van der Waals surface area contributed by atoms with Gasteiger partial charge in [0.15, 0.2) is 0 Å². The van der Waals surface area contributed by atoms with Crippen LogP contribution in [0.25, 0.3) is 0 Å². The molecule has 0 unspecified atom stereocenters. The molecule has 33 heavy (non-hydrogen) atoms. The second kappa shape index (κ2) is 9.27. The van der Waals surface area contributed by atoms with Crippen LogP contribution in [0.1, 0.15) is 58.6 Å². The molecule has 0 aliphatic carbocycles. The topological polar surface area (TPSA) is 150 Å². The number of nitrogens with zero attached hydrogens (tertiary/aromatic N) is 10. The fraction of sp³-hybridized carbons (Fsp3) is 0.684. The average molecular weight is 481 g/mol. The molecule has 0 saturated heterocycles. The highest BCUT2D eigenvalue weighted by Gasteiger charge is 2.20. The Labute approximate surface area is 193 Å². The molecule has 0 radical (unpaired) electrons. The van der Waals surface area contributed by atoms with Crippen LogP contribution in [0.3, 0.4) is 0 Å². The molecule has 0 saturated carbocycles. The molecule has 1 N–H and O–H groups in total. The van der Waals surface area contributed by atoms with E-state index in [1.165, 1.54) is 4.68 Å². The quantitative estimate of drug-likeness (QED) is 0.440. The molecule has 0 amide bonds. The van der Waals surface area contributed by atoms with Crippen LogP contribution in [0.4, 0.5) is 0 Å². The molecule has 0 aliphatic heterocycles. The molecule has 0 fully saturated rings. The smallest absolute Gasteiger partial charge is 0.266 e. The Morgan fingerprint density at radius 2 is 1.21 bits per heavy atom. The minimum Gasteiger partial charge on any atom is -0.285 e. The van der Waals surface area contributed by atoms with Crippen LogP contribution < -0.4 is 0 Å². The maximum Gasteiger partial charge on any atom is 0.266 e. The summed E-state index contributed by atoms with van der Waals surface area (Å²) in [4.78, 5) is 2.09. The van der Waals surface area contributed by atoms with E-state index < -0.39 is 15.9 Å². The van der Waals surface area contributed by atoms with Gasteiger partial charge < -0.3 is 0 Å². The third-order valence-corrected chi connectivity index (χ3v) is 5.48. The van der Waals surface area contributed by atoms with Gasteiger partial charge in [-0.25, -0.2) is 9.36 Å². The number of rotatable bonds is 9. The Balaban J connectivity index is 1.77. The molecule has 0 bridgehead atoms. The zero-order chi connectivity index (χ0) is 24.4. The lowest BCUT2D eigenvalue weighted by molar-refractivity contribution is 0.238. The summed E-state index contributed by atoms with van der Waals surface area (Å²) in [5, 5.41) is 25.2. The van der Waals surface area contributed by atoms with Gasteiger partial charge in [-0.05, 0) is 41.5 Å². The molecule has 0 aliphatic rings. The first-order valence-electron chi connectivity index (χ1n) is 10.6. The fourth-order valence-corrected chi connectivity index (χ4v) is 3.40. The SMILES string of the molecule is CC(C)(C)n1cc(CN(Cc2cn(CCS(=O)(=O)O)nn2)Cc2cn(C(C)(C)C)nn2)nn1. The van der Waals surface area contributed by atoms with E-state index in [4.69, 9.17) is 4.55 Å². The molecule has 3 aromatic rings. The molecule has 14 heteroatoms.